The van der Waals surface area contributed by atoms with Gasteiger partial charge in [-0.1, -0.05) is 30.7 Å². The molecule has 1 saturated carbocycles. The molecule has 0 aliphatic heterocycles. The maximum Gasteiger partial charge on any atom is 0.284 e. The van der Waals surface area contributed by atoms with Gasteiger partial charge in [0, 0.05) is 16.7 Å². The smallest absolute Gasteiger partial charge is 0.284 e. The van der Waals surface area contributed by atoms with E-state index >= 15 is 0 Å². The van der Waals surface area contributed by atoms with Gasteiger partial charge in [-0.2, -0.15) is 0 Å². The van der Waals surface area contributed by atoms with Crippen LogP contribution in [0.3, 0.4) is 0 Å². The molecule has 0 bridgehead atoms. The van der Waals surface area contributed by atoms with Gasteiger partial charge in [-0.05, 0) is 55.0 Å². The fourth-order valence-electron chi connectivity index (χ4n) is 3.78. The fourth-order valence-corrected chi connectivity index (χ4v) is 3.90. The third-order valence-electron chi connectivity index (χ3n) is 5.90. The van der Waals surface area contributed by atoms with Crippen molar-refractivity contribution >= 4 is 17.1 Å². The number of hydrogen-bond donors (Lipinski definition) is 0. The first-order chi connectivity index (χ1) is 15.5. The van der Waals surface area contributed by atoms with Crippen LogP contribution in [-0.4, -0.2) is 33.1 Å². The van der Waals surface area contributed by atoms with Crippen molar-refractivity contribution in [2.75, 3.05) is 13.7 Å². The Morgan fingerprint density at radius 2 is 1.91 bits per heavy atom. The zero-order valence-electron chi connectivity index (χ0n) is 17.9. The minimum atomic E-state index is -0.231. The lowest BCUT2D eigenvalue weighted by atomic mass is 10.1. The highest BCUT2D eigenvalue weighted by Crippen LogP contribution is 2.37. The van der Waals surface area contributed by atoms with Crippen LogP contribution in [0, 0.1) is 11.8 Å². The SMILES string of the molecule is COc1cc(-n2cnn3nc(-c4ccc(Cl)cc4)cc3c2=O)ccc1OCC(C)C1CC1. The van der Waals surface area contributed by atoms with Gasteiger partial charge in [-0.3, -0.25) is 9.36 Å². The lowest BCUT2D eigenvalue weighted by Crippen LogP contribution is -2.21. The number of halogens is 1. The number of rotatable bonds is 7. The third kappa shape index (κ3) is 3.96. The molecule has 0 saturated heterocycles. The molecule has 5 rings (SSSR count). The van der Waals surface area contributed by atoms with Crippen molar-refractivity contribution in [2.24, 2.45) is 11.8 Å². The minimum Gasteiger partial charge on any atom is -0.493 e. The molecule has 8 heteroatoms. The molecular weight excluding hydrogens is 428 g/mol. The average molecular weight is 451 g/mol. The molecule has 0 radical (unpaired) electrons. The van der Waals surface area contributed by atoms with Crippen LogP contribution in [0.25, 0.3) is 22.5 Å². The average Bonchev–Trinajstić information content (AvgIpc) is 3.57. The van der Waals surface area contributed by atoms with Crippen molar-refractivity contribution in [1.29, 1.82) is 0 Å². The van der Waals surface area contributed by atoms with Crippen molar-refractivity contribution in [3.8, 4) is 28.4 Å². The Kier molecular flexibility index (Phi) is 5.35. The largest absolute Gasteiger partial charge is 0.493 e. The van der Waals surface area contributed by atoms with Gasteiger partial charge in [0.15, 0.2) is 17.0 Å². The van der Waals surface area contributed by atoms with E-state index in [1.807, 2.05) is 24.3 Å². The third-order valence-corrected chi connectivity index (χ3v) is 6.15. The summed E-state index contributed by atoms with van der Waals surface area (Å²) in [5.74, 6) is 2.53. The Balaban J connectivity index is 1.46. The van der Waals surface area contributed by atoms with Crippen LogP contribution in [0.2, 0.25) is 5.02 Å². The minimum absolute atomic E-state index is 0.231. The van der Waals surface area contributed by atoms with Crippen molar-refractivity contribution in [3.63, 3.8) is 0 Å². The van der Waals surface area contributed by atoms with Gasteiger partial charge in [-0.25, -0.2) is 0 Å². The monoisotopic (exact) mass is 450 g/mol. The normalized spacial score (nSPS) is 14.5. The molecule has 2 aromatic heterocycles. The van der Waals surface area contributed by atoms with E-state index in [-0.39, 0.29) is 5.56 Å². The summed E-state index contributed by atoms with van der Waals surface area (Å²) >= 11 is 5.97. The maximum atomic E-state index is 13.2. The second-order valence-electron chi connectivity index (χ2n) is 8.18. The predicted octanol–water partition coefficient (Wildman–Crippen LogP) is 4.63. The molecule has 1 aliphatic rings. The first-order valence-electron chi connectivity index (χ1n) is 10.6. The number of nitrogens with zero attached hydrogens (tertiary/aromatic N) is 4. The molecule has 2 aromatic carbocycles. The summed E-state index contributed by atoms with van der Waals surface area (Å²) in [7, 11) is 1.59. The molecule has 1 atom stereocenters. The summed E-state index contributed by atoms with van der Waals surface area (Å²) < 4.78 is 14.3. The summed E-state index contributed by atoms with van der Waals surface area (Å²) in [5.41, 5.74) is 2.28. The number of hydrogen-bond acceptors (Lipinski definition) is 5. The molecule has 1 fully saturated rings. The Morgan fingerprint density at radius 1 is 1.12 bits per heavy atom. The number of aromatic nitrogens is 4. The zero-order valence-corrected chi connectivity index (χ0v) is 18.6. The molecule has 0 amide bonds. The number of fused-ring (bicyclic) bond motifs is 1. The first-order valence-corrected chi connectivity index (χ1v) is 11.0. The van der Waals surface area contributed by atoms with Crippen LogP contribution in [0.5, 0.6) is 11.5 Å². The van der Waals surface area contributed by atoms with Gasteiger partial charge < -0.3 is 9.47 Å². The molecule has 164 valence electrons. The number of methoxy groups -OCH3 is 1. The van der Waals surface area contributed by atoms with Crippen LogP contribution in [0.15, 0.2) is 59.7 Å². The summed E-state index contributed by atoms with van der Waals surface area (Å²) in [4.78, 5) is 13.2. The number of ether oxygens (including phenoxy) is 2. The van der Waals surface area contributed by atoms with Gasteiger partial charge in [0.2, 0.25) is 0 Å². The zero-order chi connectivity index (χ0) is 22.2. The van der Waals surface area contributed by atoms with Crippen LogP contribution in [0.4, 0.5) is 0 Å². The van der Waals surface area contributed by atoms with E-state index in [1.165, 1.54) is 28.4 Å². The molecule has 32 heavy (non-hydrogen) atoms. The summed E-state index contributed by atoms with van der Waals surface area (Å²) in [5, 5.41) is 9.38. The van der Waals surface area contributed by atoms with Crippen molar-refractivity contribution in [2.45, 2.75) is 19.8 Å². The van der Waals surface area contributed by atoms with Crippen molar-refractivity contribution in [1.82, 2.24) is 19.4 Å². The van der Waals surface area contributed by atoms with E-state index in [0.717, 1.165) is 11.5 Å². The second-order valence-corrected chi connectivity index (χ2v) is 8.61. The quantitative estimate of drug-likeness (QED) is 0.410. The van der Waals surface area contributed by atoms with E-state index in [9.17, 15) is 4.79 Å². The van der Waals surface area contributed by atoms with Crippen LogP contribution in [-0.2, 0) is 0 Å². The van der Waals surface area contributed by atoms with E-state index in [0.29, 0.717) is 45.9 Å². The van der Waals surface area contributed by atoms with Crippen molar-refractivity contribution in [3.05, 3.63) is 70.2 Å². The molecule has 1 unspecified atom stereocenters. The molecular formula is C24H23ClN4O3. The Hall–Kier alpha value is -3.32. The van der Waals surface area contributed by atoms with Gasteiger partial charge in [0.1, 0.15) is 6.33 Å². The Labute approximate surface area is 190 Å². The Bertz CT molecular complexity index is 1330. The standard InChI is InChI=1S/C24H23ClN4O3/c1-15(16-3-4-16)13-32-22-10-9-19(11-23(22)31-2)28-14-26-29-21(24(28)30)12-20(27-29)17-5-7-18(25)8-6-17/h5-12,14-16H,3-4,13H2,1-2H3. The predicted molar refractivity (Wildman–Crippen MR) is 123 cm³/mol. The lowest BCUT2D eigenvalue weighted by molar-refractivity contribution is 0.234. The molecule has 0 spiro atoms. The molecule has 1 aliphatic carbocycles. The van der Waals surface area contributed by atoms with Gasteiger partial charge in [0.25, 0.3) is 5.56 Å². The van der Waals surface area contributed by atoms with E-state index in [2.05, 4.69) is 17.1 Å². The Morgan fingerprint density at radius 3 is 2.62 bits per heavy atom. The van der Waals surface area contributed by atoms with Gasteiger partial charge in [-0.15, -0.1) is 14.8 Å². The van der Waals surface area contributed by atoms with Crippen LogP contribution < -0.4 is 15.0 Å². The van der Waals surface area contributed by atoms with Crippen LogP contribution in [0.1, 0.15) is 19.8 Å². The summed E-state index contributed by atoms with van der Waals surface area (Å²) in [6.07, 6.45) is 4.03. The topological polar surface area (TPSA) is 70.7 Å². The van der Waals surface area contributed by atoms with Gasteiger partial charge >= 0.3 is 0 Å². The molecule has 0 N–H and O–H groups in total. The summed E-state index contributed by atoms with van der Waals surface area (Å²) in [6.45, 7) is 2.86. The fraction of sp³-hybridized carbons (Fsp3) is 0.292. The number of benzene rings is 2. The molecule has 4 aromatic rings. The molecule has 2 heterocycles. The maximum absolute atomic E-state index is 13.2. The lowest BCUT2D eigenvalue weighted by Gasteiger charge is -2.15. The van der Waals surface area contributed by atoms with E-state index in [1.54, 1.807) is 31.4 Å². The van der Waals surface area contributed by atoms with Crippen LogP contribution >= 0.6 is 11.6 Å². The van der Waals surface area contributed by atoms with E-state index in [4.69, 9.17) is 21.1 Å². The van der Waals surface area contributed by atoms with Crippen molar-refractivity contribution < 1.29 is 9.47 Å². The first kappa shape index (κ1) is 20.6. The highest BCUT2D eigenvalue weighted by molar-refractivity contribution is 6.30. The highest BCUT2D eigenvalue weighted by Gasteiger charge is 2.28. The summed E-state index contributed by atoms with van der Waals surface area (Å²) in [6, 6.07) is 14.5. The van der Waals surface area contributed by atoms with E-state index < -0.39 is 0 Å². The van der Waals surface area contributed by atoms with Gasteiger partial charge in [0.05, 0.1) is 25.1 Å². The molecule has 7 nitrogen and oxygen atoms in total. The second kappa shape index (κ2) is 8.31. The highest BCUT2D eigenvalue weighted by atomic mass is 35.5.